The molecule has 4 saturated carbocycles. The van der Waals surface area contributed by atoms with Crippen LogP contribution in [-0.4, -0.2) is 24.9 Å². The Bertz CT molecular complexity index is 663. The Morgan fingerprint density at radius 2 is 1.78 bits per heavy atom. The lowest BCUT2D eigenvalue weighted by molar-refractivity contribution is -0.115. The number of carbonyl (C=O) groups excluding carboxylic acids is 1. The molecule has 0 aromatic carbocycles. The fourth-order valence-corrected chi connectivity index (χ4v) is 7.98. The maximum Gasteiger partial charge on any atom is 0.164 e. The van der Waals surface area contributed by atoms with Gasteiger partial charge in [0.05, 0.1) is 5.75 Å². The van der Waals surface area contributed by atoms with Gasteiger partial charge in [0.1, 0.15) is 11.5 Å². The fourth-order valence-electron chi connectivity index (χ4n) is 5.94. The first kappa shape index (κ1) is 15.3. The molecule has 4 aliphatic carbocycles. The van der Waals surface area contributed by atoms with E-state index in [9.17, 15) is 13.2 Å². The van der Waals surface area contributed by atoms with Gasteiger partial charge in [-0.1, -0.05) is 6.07 Å². The normalized spacial score (nSPS) is 36.8. The summed E-state index contributed by atoms with van der Waals surface area (Å²) in [5, 5.41) is -0.844. The van der Waals surface area contributed by atoms with Crippen molar-refractivity contribution in [2.24, 2.45) is 23.2 Å². The van der Waals surface area contributed by atoms with E-state index in [1.54, 1.807) is 24.5 Å². The Kier molecular flexibility index (Phi) is 3.59. The largest absolute Gasteiger partial charge is 0.302 e. The van der Waals surface area contributed by atoms with Crippen LogP contribution < -0.4 is 0 Å². The number of sulfone groups is 1. The molecule has 23 heavy (non-hydrogen) atoms. The molecule has 0 aliphatic heterocycles. The van der Waals surface area contributed by atoms with Gasteiger partial charge in [-0.25, -0.2) is 8.42 Å². The predicted molar refractivity (Wildman–Crippen MR) is 87.3 cm³/mol. The average Bonchev–Trinajstić information content (AvgIpc) is 2.46. The van der Waals surface area contributed by atoms with E-state index in [2.05, 4.69) is 4.98 Å². The summed E-state index contributed by atoms with van der Waals surface area (Å²) in [6.45, 7) is 0. The number of pyridine rings is 1. The van der Waals surface area contributed by atoms with Crippen LogP contribution in [-0.2, 0) is 20.4 Å². The zero-order valence-corrected chi connectivity index (χ0v) is 14.0. The summed E-state index contributed by atoms with van der Waals surface area (Å²) in [7, 11) is -3.50. The molecule has 5 rings (SSSR count). The summed E-state index contributed by atoms with van der Waals surface area (Å²) in [4.78, 5) is 15.9. The summed E-state index contributed by atoms with van der Waals surface area (Å²) in [5.74, 6) is 1.83. The van der Waals surface area contributed by atoms with Gasteiger partial charge in [0, 0.05) is 12.4 Å². The minimum Gasteiger partial charge on any atom is -0.302 e. The predicted octanol–water partition coefficient (Wildman–Crippen LogP) is 2.78. The lowest BCUT2D eigenvalue weighted by Gasteiger charge is -2.58. The first-order chi connectivity index (χ1) is 11.0. The third-order valence-electron chi connectivity index (χ3n) is 6.29. The number of rotatable bonds is 5. The highest BCUT2D eigenvalue weighted by Gasteiger charge is 2.57. The van der Waals surface area contributed by atoms with Gasteiger partial charge < -0.3 is 4.79 Å². The Balaban J connectivity index is 1.64. The topological polar surface area (TPSA) is 64.1 Å². The van der Waals surface area contributed by atoms with Gasteiger partial charge in [0.25, 0.3) is 0 Å². The zero-order chi connectivity index (χ0) is 16.1. The van der Waals surface area contributed by atoms with E-state index in [0.717, 1.165) is 25.5 Å². The highest BCUT2D eigenvalue weighted by Crippen LogP contribution is 2.62. The smallest absolute Gasteiger partial charge is 0.164 e. The Morgan fingerprint density at radius 3 is 2.26 bits per heavy atom. The van der Waals surface area contributed by atoms with Crippen molar-refractivity contribution in [3.63, 3.8) is 0 Å². The average molecular weight is 333 g/mol. The van der Waals surface area contributed by atoms with Gasteiger partial charge in [-0.15, -0.1) is 0 Å². The minimum absolute atomic E-state index is 0.0774. The van der Waals surface area contributed by atoms with Crippen molar-refractivity contribution in [2.45, 2.75) is 49.5 Å². The van der Waals surface area contributed by atoms with E-state index in [1.807, 2.05) is 0 Å². The summed E-state index contributed by atoms with van der Waals surface area (Å²) in [5.41, 5.74) is 0.376. The minimum atomic E-state index is -3.50. The quantitative estimate of drug-likeness (QED) is 0.777. The zero-order valence-electron chi connectivity index (χ0n) is 13.2. The molecule has 5 heteroatoms. The lowest BCUT2D eigenvalue weighted by Crippen LogP contribution is -2.54. The van der Waals surface area contributed by atoms with Gasteiger partial charge in [0.2, 0.25) is 0 Å². The molecule has 0 radical (unpaired) electrons. The van der Waals surface area contributed by atoms with E-state index < -0.39 is 15.1 Å². The maximum atomic E-state index is 13.0. The molecule has 1 heterocycles. The van der Waals surface area contributed by atoms with Crippen molar-refractivity contribution in [1.82, 2.24) is 4.98 Å². The molecular weight excluding hydrogens is 310 g/mol. The van der Waals surface area contributed by atoms with Crippen LogP contribution in [0, 0.1) is 23.2 Å². The molecule has 1 unspecified atom stereocenters. The van der Waals surface area contributed by atoms with Crippen LogP contribution in [0.4, 0.5) is 0 Å². The molecule has 0 N–H and O–H groups in total. The van der Waals surface area contributed by atoms with Crippen molar-refractivity contribution in [3.05, 3.63) is 30.1 Å². The molecule has 124 valence electrons. The van der Waals surface area contributed by atoms with Gasteiger partial charge >= 0.3 is 0 Å². The van der Waals surface area contributed by atoms with Crippen LogP contribution in [0.15, 0.2) is 24.5 Å². The van der Waals surface area contributed by atoms with E-state index >= 15 is 0 Å². The van der Waals surface area contributed by atoms with Gasteiger partial charge in [0.15, 0.2) is 9.84 Å². The molecular formula is C18H23NO3S. The molecule has 4 aliphatic rings. The van der Waals surface area contributed by atoms with Crippen molar-refractivity contribution in [3.8, 4) is 0 Å². The molecule has 4 fully saturated rings. The Morgan fingerprint density at radius 1 is 1.17 bits per heavy atom. The van der Waals surface area contributed by atoms with Crippen molar-refractivity contribution in [2.75, 3.05) is 0 Å². The molecule has 1 aromatic rings. The highest BCUT2D eigenvalue weighted by molar-refractivity contribution is 7.92. The number of carbonyl (C=O) groups is 1. The second kappa shape index (κ2) is 5.40. The van der Waals surface area contributed by atoms with Gasteiger partial charge in [-0.2, -0.15) is 0 Å². The summed E-state index contributed by atoms with van der Waals surface area (Å²) < 4.78 is 26.0. The van der Waals surface area contributed by atoms with Crippen LogP contribution >= 0.6 is 0 Å². The Hall–Kier alpha value is -1.23. The molecule has 1 atom stereocenters. The molecule has 0 amide bonds. The van der Waals surface area contributed by atoms with Crippen LogP contribution in [0.2, 0.25) is 0 Å². The Labute approximate surface area is 137 Å². The summed E-state index contributed by atoms with van der Waals surface area (Å²) >= 11 is 0. The van der Waals surface area contributed by atoms with Crippen LogP contribution in [0.25, 0.3) is 0 Å². The van der Waals surface area contributed by atoms with E-state index in [-0.39, 0.29) is 11.2 Å². The monoisotopic (exact) mass is 333 g/mol. The second-order valence-electron chi connectivity index (χ2n) is 8.01. The van der Waals surface area contributed by atoms with Crippen LogP contribution in [0.1, 0.15) is 44.1 Å². The number of aromatic nitrogens is 1. The van der Waals surface area contributed by atoms with Crippen molar-refractivity contribution >= 4 is 16.1 Å². The second-order valence-corrected chi connectivity index (χ2v) is 10.1. The number of aldehydes is 1. The van der Waals surface area contributed by atoms with Gasteiger partial charge in [-0.3, -0.25) is 4.98 Å². The fraction of sp³-hybridized carbons (Fsp3) is 0.667. The van der Waals surface area contributed by atoms with Crippen LogP contribution in [0.3, 0.4) is 0 Å². The molecule has 4 bridgehead atoms. The van der Waals surface area contributed by atoms with Gasteiger partial charge in [-0.05, 0) is 73.3 Å². The lowest BCUT2D eigenvalue weighted by atomic mass is 9.49. The number of hydrogen-bond acceptors (Lipinski definition) is 4. The first-order valence-corrected chi connectivity index (χ1v) is 10.3. The third-order valence-corrected chi connectivity index (χ3v) is 8.41. The maximum absolute atomic E-state index is 13.0. The van der Waals surface area contributed by atoms with E-state index in [1.165, 1.54) is 19.3 Å². The molecule has 0 spiro atoms. The summed E-state index contributed by atoms with van der Waals surface area (Å²) in [6, 6.07) is 3.51. The van der Waals surface area contributed by atoms with Crippen molar-refractivity contribution in [1.29, 1.82) is 0 Å². The standard InChI is InChI=1S/C18H23NO3S/c20-11-17(23(21,22)12-13-2-1-3-19-10-13)18-7-14-4-15(8-18)6-16(5-14)9-18/h1-3,10-11,14-17H,4-9,12H2. The van der Waals surface area contributed by atoms with Crippen LogP contribution in [0.5, 0.6) is 0 Å². The van der Waals surface area contributed by atoms with E-state index in [4.69, 9.17) is 0 Å². The number of hydrogen-bond donors (Lipinski definition) is 0. The first-order valence-electron chi connectivity index (χ1n) is 8.56. The third kappa shape index (κ3) is 2.63. The van der Waals surface area contributed by atoms with E-state index in [0.29, 0.717) is 23.3 Å². The summed E-state index contributed by atoms with van der Waals surface area (Å²) in [6.07, 6.45) is 10.5. The molecule has 0 saturated heterocycles. The highest BCUT2D eigenvalue weighted by atomic mass is 32.2. The molecule has 4 nitrogen and oxygen atoms in total. The molecule has 1 aromatic heterocycles. The SMILES string of the molecule is O=CC(C12CC3CC(CC(C3)C1)C2)S(=O)(=O)Cc1cccnc1. The number of nitrogens with zero attached hydrogens (tertiary/aromatic N) is 1. The van der Waals surface area contributed by atoms with Crippen molar-refractivity contribution < 1.29 is 13.2 Å².